The first-order valence-electron chi connectivity index (χ1n) is 10.4. The van der Waals surface area contributed by atoms with E-state index in [0.29, 0.717) is 18.0 Å². The molecule has 154 valence electrons. The summed E-state index contributed by atoms with van der Waals surface area (Å²) >= 11 is 5.97. The van der Waals surface area contributed by atoms with Gasteiger partial charge in [-0.15, -0.1) is 0 Å². The molecule has 4 nitrogen and oxygen atoms in total. The average Bonchev–Trinajstić information content (AvgIpc) is 3.23. The second kappa shape index (κ2) is 10.4. The summed E-state index contributed by atoms with van der Waals surface area (Å²) in [5.41, 5.74) is 1.91. The maximum atomic E-state index is 13.3. The standard InChI is InChI=1S/C24H29ClN2O2/c1-2-22(24(29)26-21-10-6-7-11-21)27(17-19-8-4-3-5-9-19)23(28)16-18-12-14-20(25)15-13-18/h3-5,8-9,12-15,21-22H,2,6-7,10-11,16-17H2,1H3,(H,26,29). The number of nitrogens with one attached hydrogen (secondary N) is 1. The van der Waals surface area contributed by atoms with Gasteiger partial charge in [0.25, 0.3) is 0 Å². The fraction of sp³-hybridized carbons (Fsp3) is 0.417. The second-order valence-electron chi connectivity index (χ2n) is 7.72. The molecule has 5 heteroatoms. The van der Waals surface area contributed by atoms with Gasteiger partial charge >= 0.3 is 0 Å². The van der Waals surface area contributed by atoms with Crippen molar-refractivity contribution in [3.05, 3.63) is 70.7 Å². The lowest BCUT2D eigenvalue weighted by molar-refractivity contribution is -0.141. The summed E-state index contributed by atoms with van der Waals surface area (Å²) in [6, 6.07) is 16.9. The molecule has 1 fully saturated rings. The Bertz CT molecular complexity index is 801. The number of halogens is 1. The number of amides is 2. The number of rotatable bonds is 8. The van der Waals surface area contributed by atoms with Crippen LogP contribution < -0.4 is 5.32 Å². The van der Waals surface area contributed by atoms with E-state index in [9.17, 15) is 9.59 Å². The largest absolute Gasteiger partial charge is 0.352 e. The molecule has 0 radical (unpaired) electrons. The Morgan fingerprint density at radius 1 is 1.03 bits per heavy atom. The molecule has 3 rings (SSSR count). The first kappa shape index (κ1) is 21.4. The molecule has 1 atom stereocenters. The molecule has 1 aliphatic carbocycles. The van der Waals surface area contributed by atoms with Crippen molar-refractivity contribution in [1.29, 1.82) is 0 Å². The number of carbonyl (C=O) groups excluding carboxylic acids is 2. The maximum Gasteiger partial charge on any atom is 0.243 e. The van der Waals surface area contributed by atoms with Crippen molar-refractivity contribution in [3.63, 3.8) is 0 Å². The third kappa shape index (κ3) is 6.07. The number of nitrogens with zero attached hydrogens (tertiary/aromatic N) is 1. The topological polar surface area (TPSA) is 49.4 Å². The fourth-order valence-electron chi connectivity index (χ4n) is 3.95. The van der Waals surface area contributed by atoms with Gasteiger partial charge in [-0.1, -0.05) is 73.8 Å². The normalized spacial score (nSPS) is 15.1. The highest BCUT2D eigenvalue weighted by molar-refractivity contribution is 6.30. The van der Waals surface area contributed by atoms with E-state index < -0.39 is 6.04 Å². The molecule has 0 aromatic heterocycles. The third-order valence-corrected chi connectivity index (χ3v) is 5.80. The van der Waals surface area contributed by atoms with Gasteiger partial charge in [-0.3, -0.25) is 9.59 Å². The lowest BCUT2D eigenvalue weighted by Crippen LogP contribution is -2.51. The highest BCUT2D eigenvalue weighted by Crippen LogP contribution is 2.20. The van der Waals surface area contributed by atoms with Gasteiger partial charge < -0.3 is 10.2 Å². The van der Waals surface area contributed by atoms with Crippen LogP contribution in [0, 0.1) is 0 Å². The molecule has 0 saturated heterocycles. The summed E-state index contributed by atoms with van der Waals surface area (Å²) in [6.45, 7) is 2.39. The molecular formula is C24H29ClN2O2. The summed E-state index contributed by atoms with van der Waals surface area (Å²) in [5, 5.41) is 3.82. The Hall–Kier alpha value is -2.33. The quantitative estimate of drug-likeness (QED) is 0.680. The van der Waals surface area contributed by atoms with E-state index in [2.05, 4.69) is 5.32 Å². The molecule has 1 unspecified atom stereocenters. The van der Waals surface area contributed by atoms with E-state index in [1.54, 1.807) is 17.0 Å². The van der Waals surface area contributed by atoms with Gasteiger partial charge in [-0.05, 0) is 42.5 Å². The summed E-state index contributed by atoms with van der Waals surface area (Å²) in [5.74, 6) is -0.0932. The van der Waals surface area contributed by atoms with Crippen LogP contribution in [0.1, 0.15) is 50.2 Å². The molecular weight excluding hydrogens is 384 g/mol. The number of hydrogen-bond donors (Lipinski definition) is 1. The smallest absolute Gasteiger partial charge is 0.243 e. The highest BCUT2D eigenvalue weighted by atomic mass is 35.5. The van der Waals surface area contributed by atoms with Crippen molar-refractivity contribution in [1.82, 2.24) is 10.2 Å². The van der Waals surface area contributed by atoms with Crippen molar-refractivity contribution in [2.24, 2.45) is 0 Å². The Morgan fingerprint density at radius 2 is 1.69 bits per heavy atom. The SMILES string of the molecule is CCC(C(=O)NC1CCCC1)N(Cc1ccccc1)C(=O)Cc1ccc(Cl)cc1. The van der Waals surface area contributed by atoms with Crippen LogP contribution in [0.25, 0.3) is 0 Å². The Morgan fingerprint density at radius 3 is 2.31 bits per heavy atom. The first-order valence-corrected chi connectivity index (χ1v) is 10.8. The van der Waals surface area contributed by atoms with Gasteiger partial charge in [-0.25, -0.2) is 0 Å². The molecule has 0 aliphatic heterocycles. The molecule has 0 bridgehead atoms. The molecule has 2 aromatic carbocycles. The molecule has 1 N–H and O–H groups in total. The van der Waals surface area contributed by atoms with Crippen LogP contribution in [0.3, 0.4) is 0 Å². The van der Waals surface area contributed by atoms with E-state index in [0.717, 1.165) is 36.8 Å². The van der Waals surface area contributed by atoms with E-state index in [4.69, 9.17) is 11.6 Å². The van der Waals surface area contributed by atoms with Gasteiger partial charge in [-0.2, -0.15) is 0 Å². The zero-order chi connectivity index (χ0) is 20.6. The monoisotopic (exact) mass is 412 g/mol. The second-order valence-corrected chi connectivity index (χ2v) is 8.16. The Labute approximate surface area is 178 Å². The van der Waals surface area contributed by atoms with Crippen molar-refractivity contribution < 1.29 is 9.59 Å². The number of hydrogen-bond acceptors (Lipinski definition) is 2. The summed E-state index contributed by atoms with van der Waals surface area (Å²) < 4.78 is 0. The summed E-state index contributed by atoms with van der Waals surface area (Å²) in [6.07, 6.45) is 5.20. The Kier molecular flexibility index (Phi) is 7.70. The minimum absolute atomic E-state index is 0.0419. The maximum absolute atomic E-state index is 13.3. The average molecular weight is 413 g/mol. The lowest BCUT2D eigenvalue weighted by Gasteiger charge is -2.31. The van der Waals surface area contributed by atoms with Gasteiger partial charge in [0.05, 0.1) is 6.42 Å². The third-order valence-electron chi connectivity index (χ3n) is 5.55. The Balaban J connectivity index is 1.78. The van der Waals surface area contributed by atoms with E-state index in [-0.39, 0.29) is 24.3 Å². The first-order chi connectivity index (χ1) is 14.1. The van der Waals surface area contributed by atoms with Crippen molar-refractivity contribution in [3.8, 4) is 0 Å². The summed E-state index contributed by atoms with van der Waals surface area (Å²) in [7, 11) is 0. The van der Waals surface area contributed by atoms with Gasteiger partial charge in [0.2, 0.25) is 11.8 Å². The molecule has 0 heterocycles. The van der Waals surface area contributed by atoms with E-state index >= 15 is 0 Å². The molecule has 29 heavy (non-hydrogen) atoms. The zero-order valence-electron chi connectivity index (χ0n) is 16.9. The van der Waals surface area contributed by atoms with Gasteiger partial charge in [0.1, 0.15) is 6.04 Å². The molecule has 1 saturated carbocycles. The molecule has 2 aromatic rings. The van der Waals surface area contributed by atoms with Crippen LogP contribution in [0.4, 0.5) is 0 Å². The minimum atomic E-state index is -0.476. The predicted molar refractivity (Wildman–Crippen MR) is 117 cm³/mol. The van der Waals surface area contributed by atoms with Crippen LogP contribution in [0.15, 0.2) is 54.6 Å². The van der Waals surface area contributed by atoms with Crippen LogP contribution in [-0.4, -0.2) is 28.8 Å². The molecule has 2 amide bonds. The van der Waals surface area contributed by atoms with Crippen LogP contribution in [0.5, 0.6) is 0 Å². The number of carbonyl (C=O) groups is 2. The van der Waals surface area contributed by atoms with Crippen molar-refractivity contribution >= 4 is 23.4 Å². The summed E-state index contributed by atoms with van der Waals surface area (Å²) in [4.78, 5) is 28.0. The predicted octanol–water partition coefficient (Wildman–Crippen LogP) is 4.75. The minimum Gasteiger partial charge on any atom is -0.352 e. The lowest BCUT2D eigenvalue weighted by atomic mass is 10.1. The van der Waals surface area contributed by atoms with Crippen molar-refractivity contribution in [2.45, 2.75) is 64.1 Å². The van der Waals surface area contributed by atoms with Gasteiger partial charge in [0.15, 0.2) is 0 Å². The molecule has 1 aliphatic rings. The van der Waals surface area contributed by atoms with E-state index in [1.165, 1.54) is 0 Å². The highest BCUT2D eigenvalue weighted by Gasteiger charge is 2.30. The van der Waals surface area contributed by atoms with Crippen LogP contribution in [-0.2, 0) is 22.6 Å². The van der Waals surface area contributed by atoms with Crippen LogP contribution >= 0.6 is 11.6 Å². The molecule has 0 spiro atoms. The van der Waals surface area contributed by atoms with Crippen molar-refractivity contribution in [2.75, 3.05) is 0 Å². The van der Waals surface area contributed by atoms with Gasteiger partial charge in [0, 0.05) is 17.6 Å². The zero-order valence-corrected chi connectivity index (χ0v) is 17.7. The van der Waals surface area contributed by atoms with E-state index in [1.807, 2.05) is 49.4 Å². The number of benzene rings is 2. The van der Waals surface area contributed by atoms with Crippen LogP contribution in [0.2, 0.25) is 5.02 Å². The fourth-order valence-corrected chi connectivity index (χ4v) is 4.07.